The van der Waals surface area contributed by atoms with Gasteiger partial charge in [-0.15, -0.1) is 0 Å². The molecule has 0 unspecified atom stereocenters. The summed E-state index contributed by atoms with van der Waals surface area (Å²) in [5, 5.41) is 2.93. The van der Waals surface area contributed by atoms with Gasteiger partial charge in [-0.3, -0.25) is 14.4 Å². The van der Waals surface area contributed by atoms with Crippen molar-refractivity contribution in [1.82, 2.24) is 0 Å². The van der Waals surface area contributed by atoms with Crippen LogP contribution in [0.1, 0.15) is 36.6 Å². The summed E-state index contributed by atoms with van der Waals surface area (Å²) in [6.07, 6.45) is 0.716. The van der Waals surface area contributed by atoms with Crippen LogP contribution in [0.4, 0.5) is 11.4 Å². The number of hydrogen-bond acceptors (Lipinski definition) is 4. The third-order valence-corrected chi connectivity index (χ3v) is 5.93. The van der Waals surface area contributed by atoms with Crippen LogP contribution in [0, 0.1) is 6.92 Å². The van der Waals surface area contributed by atoms with E-state index in [1.54, 1.807) is 49.5 Å². The van der Waals surface area contributed by atoms with Crippen molar-refractivity contribution >= 4 is 29.5 Å². The zero-order chi connectivity index (χ0) is 25.7. The molecule has 0 aliphatic heterocycles. The lowest BCUT2D eigenvalue weighted by Gasteiger charge is -2.20. The van der Waals surface area contributed by atoms with Gasteiger partial charge in [0, 0.05) is 23.7 Å². The molecule has 36 heavy (non-hydrogen) atoms. The molecule has 0 aliphatic carbocycles. The minimum Gasteiger partial charge on any atom is -0.495 e. The topological polar surface area (TPSA) is 75.7 Å². The molecule has 4 aromatic rings. The molecular weight excluding hydrogens is 452 g/mol. The number of anilines is 2. The normalized spacial score (nSPS) is 10.4. The van der Waals surface area contributed by atoms with E-state index in [1.165, 1.54) is 12.0 Å². The monoisotopic (exact) mass is 478 g/mol. The number of hydrogen-bond donors (Lipinski definition) is 1. The van der Waals surface area contributed by atoms with Crippen LogP contribution in [-0.4, -0.2) is 32.3 Å². The van der Waals surface area contributed by atoms with Gasteiger partial charge < -0.3 is 15.0 Å². The lowest BCUT2D eigenvalue weighted by molar-refractivity contribution is 0.0991. The molecule has 6 nitrogen and oxygen atoms in total. The lowest BCUT2D eigenvalue weighted by Crippen LogP contribution is -2.27. The fourth-order valence-electron chi connectivity index (χ4n) is 4.03. The largest absolute Gasteiger partial charge is 0.495 e. The van der Waals surface area contributed by atoms with Gasteiger partial charge in [0.25, 0.3) is 11.8 Å². The summed E-state index contributed by atoms with van der Waals surface area (Å²) < 4.78 is 5.50. The highest BCUT2D eigenvalue weighted by atomic mass is 16.5. The van der Waals surface area contributed by atoms with Crippen LogP contribution in [0.25, 0.3) is 11.1 Å². The van der Waals surface area contributed by atoms with Crippen LogP contribution in [-0.2, 0) is 0 Å². The van der Waals surface area contributed by atoms with Crippen molar-refractivity contribution in [3.05, 3.63) is 113 Å². The molecular formula is C30H26N2O4. The summed E-state index contributed by atoms with van der Waals surface area (Å²) in [5.41, 5.74) is 4.97. The van der Waals surface area contributed by atoms with Gasteiger partial charge in [0.05, 0.1) is 18.5 Å². The highest BCUT2D eigenvalue weighted by Gasteiger charge is 2.20. The minimum atomic E-state index is -0.314. The van der Waals surface area contributed by atoms with Gasteiger partial charge in [-0.25, -0.2) is 0 Å². The predicted octanol–water partition coefficient (Wildman–Crippen LogP) is 6.01. The maximum absolute atomic E-state index is 13.3. The van der Waals surface area contributed by atoms with Crippen LogP contribution >= 0.6 is 0 Å². The number of aryl methyl sites for hydroxylation is 1. The first kappa shape index (κ1) is 24.4. The van der Waals surface area contributed by atoms with Gasteiger partial charge in [0.15, 0.2) is 6.29 Å². The number of carbonyl (C=O) groups excluding carboxylic acids is 3. The van der Waals surface area contributed by atoms with Crippen LogP contribution in [0.5, 0.6) is 5.75 Å². The van der Waals surface area contributed by atoms with Crippen molar-refractivity contribution in [2.75, 3.05) is 24.4 Å². The summed E-state index contributed by atoms with van der Waals surface area (Å²) >= 11 is 0. The van der Waals surface area contributed by atoms with E-state index in [0.29, 0.717) is 40.1 Å². The van der Waals surface area contributed by atoms with E-state index >= 15 is 0 Å². The average Bonchev–Trinajstić information content (AvgIpc) is 2.92. The maximum Gasteiger partial charge on any atom is 0.258 e. The molecule has 0 fully saturated rings. The fraction of sp³-hybridized carbons (Fsp3) is 0.100. The predicted molar refractivity (Wildman–Crippen MR) is 142 cm³/mol. The van der Waals surface area contributed by atoms with Gasteiger partial charge in [-0.05, 0) is 54.4 Å². The third kappa shape index (κ3) is 5.03. The SMILES string of the molecule is COc1cc(C(=O)N(C)c2ccccc2C=O)ccc1NC(=O)c1cc(C)ccc1-c1ccccc1. The number of para-hydroxylation sites is 1. The number of amides is 2. The Morgan fingerprint density at radius 1 is 0.889 bits per heavy atom. The molecule has 180 valence electrons. The second kappa shape index (κ2) is 10.7. The molecule has 0 radical (unpaired) electrons. The molecule has 0 bridgehead atoms. The quantitative estimate of drug-likeness (QED) is 0.330. The molecule has 6 heteroatoms. The van der Waals surface area contributed by atoms with E-state index in [1.807, 2.05) is 55.5 Å². The highest BCUT2D eigenvalue weighted by molar-refractivity contribution is 6.11. The molecule has 0 saturated carbocycles. The van der Waals surface area contributed by atoms with E-state index in [-0.39, 0.29) is 11.8 Å². The number of benzene rings is 4. The number of aldehydes is 1. The van der Waals surface area contributed by atoms with Crippen molar-refractivity contribution < 1.29 is 19.1 Å². The zero-order valence-corrected chi connectivity index (χ0v) is 20.3. The molecule has 0 spiro atoms. The molecule has 4 rings (SSSR count). The Morgan fingerprint density at radius 3 is 2.33 bits per heavy atom. The van der Waals surface area contributed by atoms with E-state index < -0.39 is 0 Å². The van der Waals surface area contributed by atoms with Gasteiger partial charge in [0.1, 0.15) is 5.75 Å². The van der Waals surface area contributed by atoms with Gasteiger partial charge in [0.2, 0.25) is 0 Å². The summed E-state index contributed by atoms with van der Waals surface area (Å²) in [5.74, 6) is -0.252. The van der Waals surface area contributed by atoms with Gasteiger partial charge in [-0.1, -0.05) is 60.2 Å². The second-order valence-electron chi connectivity index (χ2n) is 8.33. The Hall–Kier alpha value is -4.71. The third-order valence-electron chi connectivity index (χ3n) is 5.93. The van der Waals surface area contributed by atoms with Crippen molar-refractivity contribution in [3.8, 4) is 16.9 Å². The molecule has 0 saturated heterocycles. The molecule has 0 heterocycles. The van der Waals surface area contributed by atoms with Crippen molar-refractivity contribution in [3.63, 3.8) is 0 Å². The first-order valence-electron chi connectivity index (χ1n) is 11.4. The van der Waals surface area contributed by atoms with E-state index in [2.05, 4.69) is 5.32 Å². The number of nitrogens with one attached hydrogen (secondary N) is 1. The Morgan fingerprint density at radius 2 is 1.61 bits per heavy atom. The van der Waals surface area contributed by atoms with Crippen LogP contribution in [0.3, 0.4) is 0 Å². The summed E-state index contributed by atoms with van der Waals surface area (Å²) in [4.78, 5) is 39.3. The van der Waals surface area contributed by atoms with Gasteiger partial charge >= 0.3 is 0 Å². The first-order chi connectivity index (χ1) is 17.4. The molecule has 2 amide bonds. The highest BCUT2D eigenvalue weighted by Crippen LogP contribution is 2.30. The van der Waals surface area contributed by atoms with E-state index in [9.17, 15) is 14.4 Å². The molecule has 0 aliphatic rings. The first-order valence-corrected chi connectivity index (χ1v) is 11.4. The Labute approximate surface area is 210 Å². The van der Waals surface area contributed by atoms with Crippen molar-refractivity contribution in [1.29, 1.82) is 0 Å². The Bertz CT molecular complexity index is 1430. The van der Waals surface area contributed by atoms with E-state index in [0.717, 1.165) is 16.7 Å². The summed E-state index contributed by atoms with van der Waals surface area (Å²) in [7, 11) is 3.09. The maximum atomic E-state index is 13.3. The zero-order valence-electron chi connectivity index (χ0n) is 20.3. The minimum absolute atomic E-state index is 0.285. The number of methoxy groups -OCH3 is 1. The lowest BCUT2D eigenvalue weighted by atomic mass is 9.97. The standard InChI is InChI=1S/C30H26N2O4/c1-20-13-15-24(21-9-5-4-6-10-21)25(17-20)29(34)31-26-16-14-22(18-28(26)36-3)30(35)32(2)27-12-8-7-11-23(27)19-33/h4-19H,1-3H3,(H,31,34). The molecule has 0 aromatic heterocycles. The summed E-state index contributed by atoms with van der Waals surface area (Å²) in [6, 6.07) is 27.2. The van der Waals surface area contributed by atoms with Crippen molar-refractivity contribution in [2.45, 2.75) is 6.92 Å². The number of nitrogens with zero attached hydrogens (tertiary/aromatic N) is 1. The molecule has 4 aromatic carbocycles. The molecule has 0 atom stereocenters. The van der Waals surface area contributed by atoms with Gasteiger partial charge in [-0.2, -0.15) is 0 Å². The Balaban J connectivity index is 1.62. The molecule has 1 N–H and O–H groups in total. The van der Waals surface area contributed by atoms with E-state index in [4.69, 9.17) is 4.74 Å². The Kier molecular flexibility index (Phi) is 7.25. The number of carbonyl (C=O) groups is 3. The number of rotatable bonds is 7. The second-order valence-corrected chi connectivity index (χ2v) is 8.33. The van der Waals surface area contributed by atoms with Crippen LogP contribution in [0.2, 0.25) is 0 Å². The smallest absolute Gasteiger partial charge is 0.258 e. The van der Waals surface area contributed by atoms with Crippen LogP contribution in [0.15, 0.2) is 91.0 Å². The summed E-state index contributed by atoms with van der Waals surface area (Å²) in [6.45, 7) is 1.94. The number of ether oxygens (including phenoxy) is 1. The fourth-order valence-corrected chi connectivity index (χ4v) is 4.03. The van der Waals surface area contributed by atoms with Crippen molar-refractivity contribution in [2.24, 2.45) is 0 Å². The van der Waals surface area contributed by atoms with Crippen LogP contribution < -0.4 is 15.0 Å². The average molecular weight is 479 g/mol.